The Bertz CT molecular complexity index is 529. The molecule has 0 spiro atoms. The summed E-state index contributed by atoms with van der Waals surface area (Å²) in [7, 11) is -1.93. The van der Waals surface area contributed by atoms with Crippen LogP contribution >= 0.6 is 23.2 Å². The van der Waals surface area contributed by atoms with Crippen molar-refractivity contribution in [3.05, 3.63) is 28.3 Å². The van der Waals surface area contributed by atoms with Crippen molar-refractivity contribution in [2.45, 2.75) is 31.0 Å². The molecule has 0 fully saturated rings. The molecule has 0 unspecified atom stereocenters. The van der Waals surface area contributed by atoms with Gasteiger partial charge in [-0.3, -0.25) is 0 Å². The van der Waals surface area contributed by atoms with Gasteiger partial charge in [-0.2, -0.15) is 0 Å². The number of rotatable bonds is 5. The number of halogens is 2. The lowest BCUT2D eigenvalue weighted by Gasteiger charge is -2.19. The van der Waals surface area contributed by atoms with Crippen molar-refractivity contribution < 1.29 is 8.42 Å². The van der Waals surface area contributed by atoms with E-state index < -0.39 is 10.0 Å². The molecule has 18 heavy (non-hydrogen) atoms. The monoisotopic (exact) mass is 309 g/mol. The van der Waals surface area contributed by atoms with Crippen LogP contribution in [0, 0.1) is 6.92 Å². The Hall–Kier alpha value is -0.290. The quantitative estimate of drug-likeness (QED) is 0.782. The summed E-state index contributed by atoms with van der Waals surface area (Å²) in [6.45, 7) is 4.16. The van der Waals surface area contributed by atoms with Gasteiger partial charge in [0, 0.05) is 24.5 Å². The molecule has 0 amide bonds. The van der Waals surface area contributed by atoms with Gasteiger partial charge in [0.2, 0.25) is 10.0 Å². The minimum Gasteiger partial charge on any atom is -0.207 e. The first-order valence-corrected chi connectivity index (χ1v) is 8.01. The predicted octanol–water partition coefficient (Wildman–Crippen LogP) is 3.42. The lowest BCUT2D eigenvalue weighted by atomic mass is 10.1. The fraction of sp³-hybridized carbons (Fsp3) is 0.500. The zero-order valence-electron chi connectivity index (χ0n) is 10.7. The van der Waals surface area contributed by atoms with E-state index in [0.717, 1.165) is 12.0 Å². The van der Waals surface area contributed by atoms with Crippen molar-refractivity contribution in [1.82, 2.24) is 4.31 Å². The average molecular weight is 310 g/mol. The lowest BCUT2D eigenvalue weighted by molar-refractivity contribution is 0.468. The second kappa shape index (κ2) is 6.24. The van der Waals surface area contributed by atoms with Crippen LogP contribution in [0.25, 0.3) is 0 Å². The van der Waals surface area contributed by atoms with Gasteiger partial charge >= 0.3 is 0 Å². The molecule has 0 aliphatic carbocycles. The van der Waals surface area contributed by atoms with Gasteiger partial charge in [0.15, 0.2) is 0 Å². The third-order valence-electron chi connectivity index (χ3n) is 2.80. The summed E-state index contributed by atoms with van der Waals surface area (Å²) in [5.41, 5.74) is 1.41. The highest BCUT2D eigenvalue weighted by Gasteiger charge is 2.23. The smallest absolute Gasteiger partial charge is 0.207 e. The fourth-order valence-corrected chi connectivity index (χ4v) is 3.85. The van der Waals surface area contributed by atoms with Gasteiger partial charge in [-0.1, -0.05) is 18.5 Å². The SMILES string of the molecule is CCCN(C)S(=O)(=O)c1cc(Cl)cc(CCl)c1C. The second-order valence-corrected chi connectivity index (χ2v) is 6.87. The van der Waals surface area contributed by atoms with Crippen molar-refractivity contribution in [3.63, 3.8) is 0 Å². The number of hydrogen-bond acceptors (Lipinski definition) is 2. The van der Waals surface area contributed by atoms with Crippen LogP contribution in [-0.4, -0.2) is 26.3 Å². The van der Waals surface area contributed by atoms with Crippen LogP contribution in [-0.2, 0) is 15.9 Å². The van der Waals surface area contributed by atoms with E-state index in [-0.39, 0.29) is 10.8 Å². The molecule has 0 heterocycles. The molecular weight excluding hydrogens is 293 g/mol. The third-order valence-corrected chi connectivity index (χ3v) is 5.29. The Labute approximate surface area is 119 Å². The van der Waals surface area contributed by atoms with Crippen LogP contribution in [0.4, 0.5) is 0 Å². The average Bonchev–Trinajstić information content (AvgIpc) is 2.31. The molecule has 3 nitrogen and oxygen atoms in total. The lowest BCUT2D eigenvalue weighted by Crippen LogP contribution is -2.28. The summed E-state index contributed by atoms with van der Waals surface area (Å²) in [6.07, 6.45) is 0.762. The Morgan fingerprint density at radius 2 is 1.94 bits per heavy atom. The normalized spacial score (nSPS) is 12.1. The van der Waals surface area contributed by atoms with Gasteiger partial charge in [0.25, 0.3) is 0 Å². The molecule has 0 saturated carbocycles. The van der Waals surface area contributed by atoms with Crippen molar-refractivity contribution in [2.75, 3.05) is 13.6 Å². The van der Waals surface area contributed by atoms with Crippen molar-refractivity contribution >= 4 is 33.2 Å². The third kappa shape index (κ3) is 3.18. The summed E-state index contributed by atoms with van der Waals surface area (Å²) < 4.78 is 26.1. The van der Waals surface area contributed by atoms with Gasteiger partial charge in [0.1, 0.15) is 0 Å². The Morgan fingerprint density at radius 3 is 2.44 bits per heavy atom. The Balaban J connectivity index is 3.37. The molecular formula is C12H17Cl2NO2S. The van der Waals surface area contributed by atoms with Crippen LogP contribution < -0.4 is 0 Å². The maximum atomic E-state index is 12.4. The minimum absolute atomic E-state index is 0.238. The first-order chi connectivity index (χ1) is 8.34. The molecule has 1 aromatic rings. The predicted molar refractivity (Wildman–Crippen MR) is 75.9 cm³/mol. The van der Waals surface area contributed by atoms with Gasteiger partial charge in [-0.15, -0.1) is 11.6 Å². The molecule has 0 bridgehead atoms. The zero-order chi connectivity index (χ0) is 13.9. The molecule has 6 heteroatoms. The number of alkyl halides is 1. The first-order valence-electron chi connectivity index (χ1n) is 5.66. The Morgan fingerprint density at radius 1 is 1.33 bits per heavy atom. The summed E-state index contributed by atoms with van der Waals surface area (Å²) in [6, 6.07) is 3.18. The van der Waals surface area contributed by atoms with Crippen LogP contribution in [0.1, 0.15) is 24.5 Å². The van der Waals surface area contributed by atoms with Crippen molar-refractivity contribution in [3.8, 4) is 0 Å². The molecule has 102 valence electrons. The van der Waals surface area contributed by atoms with Crippen LogP contribution in [0.5, 0.6) is 0 Å². The van der Waals surface area contributed by atoms with Crippen LogP contribution in [0.15, 0.2) is 17.0 Å². The molecule has 0 aliphatic heterocycles. The van der Waals surface area contributed by atoms with E-state index in [0.29, 0.717) is 17.1 Å². The molecule has 0 saturated heterocycles. The standard InChI is InChI=1S/C12H17Cl2NO2S/c1-4-5-15(3)18(16,17)12-7-11(14)6-10(8-13)9(12)2/h6-7H,4-5,8H2,1-3H3. The van der Waals surface area contributed by atoms with Crippen molar-refractivity contribution in [2.24, 2.45) is 0 Å². The summed E-state index contributed by atoms with van der Waals surface area (Å²) in [5.74, 6) is 0.242. The highest BCUT2D eigenvalue weighted by Crippen LogP contribution is 2.27. The maximum Gasteiger partial charge on any atom is 0.243 e. The maximum absolute atomic E-state index is 12.4. The van der Waals surface area contributed by atoms with Gasteiger partial charge in [-0.05, 0) is 36.6 Å². The first kappa shape index (κ1) is 15.8. The molecule has 0 N–H and O–H groups in total. The van der Waals surface area contributed by atoms with E-state index in [9.17, 15) is 8.42 Å². The fourth-order valence-electron chi connectivity index (χ4n) is 1.72. The number of sulfonamides is 1. The van der Waals surface area contributed by atoms with Crippen molar-refractivity contribution in [1.29, 1.82) is 0 Å². The van der Waals surface area contributed by atoms with E-state index in [1.165, 1.54) is 10.4 Å². The highest BCUT2D eigenvalue weighted by molar-refractivity contribution is 7.89. The van der Waals surface area contributed by atoms with E-state index in [1.807, 2.05) is 6.92 Å². The second-order valence-electron chi connectivity index (χ2n) is 4.15. The van der Waals surface area contributed by atoms with Gasteiger partial charge in [0.05, 0.1) is 4.90 Å². The van der Waals surface area contributed by atoms with E-state index in [4.69, 9.17) is 23.2 Å². The number of hydrogen-bond donors (Lipinski definition) is 0. The molecule has 1 aromatic carbocycles. The van der Waals surface area contributed by atoms with E-state index in [2.05, 4.69) is 0 Å². The molecule has 0 atom stereocenters. The number of benzene rings is 1. The van der Waals surface area contributed by atoms with Gasteiger partial charge < -0.3 is 0 Å². The molecule has 0 aliphatic rings. The van der Waals surface area contributed by atoms with Crippen LogP contribution in [0.3, 0.4) is 0 Å². The van der Waals surface area contributed by atoms with Gasteiger partial charge in [-0.25, -0.2) is 12.7 Å². The number of nitrogens with zero attached hydrogens (tertiary/aromatic N) is 1. The van der Waals surface area contributed by atoms with Crippen LogP contribution in [0.2, 0.25) is 5.02 Å². The largest absolute Gasteiger partial charge is 0.243 e. The summed E-state index contributed by atoms with van der Waals surface area (Å²) >= 11 is 11.7. The Kier molecular flexibility index (Phi) is 5.46. The summed E-state index contributed by atoms with van der Waals surface area (Å²) in [5, 5.41) is 0.389. The zero-order valence-corrected chi connectivity index (χ0v) is 13.0. The van der Waals surface area contributed by atoms with E-state index >= 15 is 0 Å². The highest BCUT2D eigenvalue weighted by atomic mass is 35.5. The topological polar surface area (TPSA) is 37.4 Å². The molecule has 0 radical (unpaired) electrons. The molecule has 1 rings (SSSR count). The van der Waals surface area contributed by atoms with E-state index in [1.54, 1.807) is 20.0 Å². The summed E-state index contributed by atoms with van der Waals surface area (Å²) in [4.78, 5) is 0.238. The minimum atomic E-state index is -3.50. The molecule has 0 aromatic heterocycles.